The molecule has 3 heteroatoms. The predicted molar refractivity (Wildman–Crippen MR) is 70.0 cm³/mol. The number of esters is 1. The Hall–Kier alpha value is -0.570. The van der Waals surface area contributed by atoms with Crippen LogP contribution in [-0.4, -0.2) is 36.6 Å². The Morgan fingerprint density at radius 1 is 1.29 bits per heavy atom. The van der Waals surface area contributed by atoms with Gasteiger partial charge in [0.1, 0.15) is 0 Å². The Bertz CT molecular complexity index is 218. The van der Waals surface area contributed by atoms with Crippen LogP contribution in [0.5, 0.6) is 0 Å². The highest BCUT2D eigenvalue weighted by atomic mass is 16.5. The molecule has 17 heavy (non-hydrogen) atoms. The van der Waals surface area contributed by atoms with Gasteiger partial charge < -0.3 is 4.74 Å². The van der Waals surface area contributed by atoms with Gasteiger partial charge in [-0.05, 0) is 32.2 Å². The zero-order valence-electron chi connectivity index (χ0n) is 11.4. The van der Waals surface area contributed by atoms with E-state index in [-0.39, 0.29) is 5.97 Å². The van der Waals surface area contributed by atoms with E-state index in [1.165, 1.54) is 25.7 Å². The van der Waals surface area contributed by atoms with Crippen molar-refractivity contribution in [2.75, 3.05) is 19.7 Å². The van der Waals surface area contributed by atoms with E-state index in [0.717, 1.165) is 25.8 Å². The van der Waals surface area contributed by atoms with Crippen molar-refractivity contribution in [3.63, 3.8) is 0 Å². The van der Waals surface area contributed by atoms with Gasteiger partial charge >= 0.3 is 5.97 Å². The number of hydrogen-bond acceptors (Lipinski definition) is 3. The largest absolute Gasteiger partial charge is 0.465 e. The highest BCUT2D eigenvalue weighted by Gasteiger charge is 2.21. The van der Waals surface area contributed by atoms with Crippen molar-refractivity contribution in [1.82, 2.24) is 4.90 Å². The van der Waals surface area contributed by atoms with Crippen molar-refractivity contribution in [1.29, 1.82) is 0 Å². The summed E-state index contributed by atoms with van der Waals surface area (Å²) >= 11 is 0. The summed E-state index contributed by atoms with van der Waals surface area (Å²) in [5, 5.41) is 0. The predicted octanol–water partition coefficient (Wildman–Crippen LogP) is 2.98. The van der Waals surface area contributed by atoms with Gasteiger partial charge in [0, 0.05) is 6.04 Å². The summed E-state index contributed by atoms with van der Waals surface area (Å²) in [6, 6.07) is 0.580. The molecule has 1 aliphatic rings. The van der Waals surface area contributed by atoms with E-state index in [0.29, 0.717) is 19.2 Å². The fourth-order valence-corrected chi connectivity index (χ4v) is 2.45. The number of likely N-dealkylation sites (tertiary alicyclic amines) is 1. The minimum atomic E-state index is -0.0428. The zero-order chi connectivity index (χ0) is 12.5. The third-order valence-electron chi connectivity index (χ3n) is 3.56. The average Bonchev–Trinajstić information content (AvgIpc) is 2.54. The molecule has 1 saturated heterocycles. The molecular formula is C14H27NO2. The first kappa shape index (κ1) is 14.5. The van der Waals surface area contributed by atoms with Gasteiger partial charge in [0.25, 0.3) is 0 Å². The molecule has 0 spiro atoms. The highest BCUT2D eigenvalue weighted by Crippen LogP contribution is 2.18. The van der Waals surface area contributed by atoms with Crippen LogP contribution in [0.1, 0.15) is 58.8 Å². The molecule has 1 fully saturated rings. The minimum absolute atomic E-state index is 0.0428. The van der Waals surface area contributed by atoms with E-state index in [4.69, 9.17) is 4.74 Å². The van der Waals surface area contributed by atoms with E-state index in [1.807, 2.05) is 0 Å². The van der Waals surface area contributed by atoms with E-state index in [2.05, 4.69) is 18.7 Å². The van der Waals surface area contributed by atoms with Crippen molar-refractivity contribution >= 4 is 5.97 Å². The van der Waals surface area contributed by atoms with E-state index in [1.54, 1.807) is 0 Å². The summed E-state index contributed by atoms with van der Waals surface area (Å²) in [6.45, 7) is 6.45. The van der Waals surface area contributed by atoms with E-state index < -0.39 is 0 Å². The van der Waals surface area contributed by atoms with Crippen LogP contribution < -0.4 is 0 Å². The molecule has 1 rings (SSSR count). The van der Waals surface area contributed by atoms with E-state index >= 15 is 0 Å². The molecule has 0 aromatic rings. The van der Waals surface area contributed by atoms with Crippen LogP contribution in [-0.2, 0) is 9.53 Å². The monoisotopic (exact) mass is 241 g/mol. The van der Waals surface area contributed by atoms with Gasteiger partial charge in [-0.15, -0.1) is 0 Å². The molecule has 0 N–H and O–H groups in total. The summed E-state index contributed by atoms with van der Waals surface area (Å²) in [7, 11) is 0. The van der Waals surface area contributed by atoms with Gasteiger partial charge in [0.05, 0.1) is 13.2 Å². The first-order chi connectivity index (χ1) is 8.27. The minimum Gasteiger partial charge on any atom is -0.465 e. The first-order valence-corrected chi connectivity index (χ1v) is 7.17. The van der Waals surface area contributed by atoms with E-state index in [9.17, 15) is 4.79 Å². The smallest absolute Gasteiger partial charge is 0.320 e. The maximum atomic E-state index is 11.7. The lowest BCUT2D eigenvalue weighted by molar-refractivity contribution is -0.145. The fourth-order valence-electron chi connectivity index (χ4n) is 2.45. The number of carbonyl (C=O) groups excluding carboxylic acids is 1. The fraction of sp³-hybridized carbons (Fsp3) is 0.929. The molecule has 0 amide bonds. The molecule has 100 valence electrons. The molecule has 0 saturated carbocycles. The van der Waals surface area contributed by atoms with Gasteiger partial charge in [-0.1, -0.05) is 33.1 Å². The molecule has 1 atom stereocenters. The lowest BCUT2D eigenvalue weighted by atomic mass is 10.1. The summed E-state index contributed by atoms with van der Waals surface area (Å²) < 4.78 is 5.24. The molecule has 0 aliphatic carbocycles. The van der Waals surface area contributed by atoms with Crippen LogP contribution in [0.25, 0.3) is 0 Å². The van der Waals surface area contributed by atoms with Gasteiger partial charge in [-0.2, -0.15) is 0 Å². The van der Waals surface area contributed by atoms with Gasteiger partial charge in [0.15, 0.2) is 0 Å². The summed E-state index contributed by atoms with van der Waals surface area (Å²) in [5.41, 5.74) is 0. The van der Waals surface area contributed by atoms with Crippen LogP contribution in [0.4, 0.5) is 0 Å². The standard InChI is InChI=1S/C14H27NO2/c1-3-5-11-17-14(16)12-15-10-8-6-7-9-13(15)4-2/h13H,3-12H2,1-2H3. The van der Waals surface area contributed by atoms with Crippen molar-refractivity contribution in [2.45, 2.75) is 64.8 Å². The summed E-state index contributed by atoms with van der Waals surface area (Å²) in [4.78, 5) is 14.0. The second-order valence-corrected chi connectivity index (χ2v) is 4.96. The van der Waals surface area contributed by atoms with Crippen molar-refractivity contribution in [3.05, 3.63) is 0 Å². The van der Waals surface area contributed by atoms with Gasteiger partial charge in [0.2, 0.25) is 0 Å². The number of nitrogens with zero attached hydrogens (tertiary/aromatic N) is 1. The third kappa shape index (κ3) is 5.53. The quantitative estimate of drug-likeness (QED) is 0.529. The molecule has 0 bridgehead atoms. The van der Waals surface area contributed by atoms with Crippen molar-refractivity contribution in [3.8, 4) is 0 Å². The third-order valence-corrected chi connectivity index (χ3v) is 3.56. The maximum absolute atomic E-state index is 11.7. The summed E-state index contributed by atoms with van der Waals surface area (Å²) in [6.07, 6.45) is 8.26. The normalized spacial score (nSPS) is 22.1. The average molecular weight is 241 g/mol. The highest BCUT2D eigenvalue weighted by molar-refractivity contribution is 5.71. The molecule has 0 aromatic carbocycles. The first-order valence-electron chi connectivity index (χ1n) is 7.17. The second kappa shape index (κ2) is 8.51. The second-order valence-electron chi connectivity index (χ2n) is 4.96. The SMILES string of the molecule is CCCCOC(=O)CN1CCCCCC1CC. The Balaban J connectivity index is 2.32. The van der Waals surface area contributed by atoms with Crippen LogP contribution >= 0.6 is 0 Å². The van der Waals surface area contributed by atoms with Gasteiger partial charge in [-0.25, -0.2) is 0 Å². The maximum Gasteiger partial charge on any atom is 0.320 e. The molecule has 3 nitrogen and oxygen atoms in total. The number of rotatable bonds is 6. The van der Waals surface area contributed by atoms with Crippen LogP contribution in [0, 0.1) is 0 Å². The Morgan fingerprint density at radius 3 is 2.82 bits per heavy atom. The molecule has 0 radical (unpaired) electrons. The topological polar surface area (TPSA) is 29.5 Å². The lowest BCUT2D eigenvalue weighted by Crippen LogP contribution is -2.39. The van der Waals surface area contributed by atoms with Crippen LogP contribution in [0.15, 0.2) is 0 Å². The van der Waals surface area contributed by atoms with Crippen LogP contribution in [0.2, 0.25) is 0 Å². The molecular weight excluding hydrogens is 214 g/mol. The summed E-state index contributed by atoms with van der Waals surface area (Å²) in [5.74, 6) is -0.0428. The Morgan fingerprint density at radius 2 is 2.12 bits per heavy atom. The van der Waals surface area contributed by atoms with Crippen LogP contribution in [0.3, 0.4) is 0 Å². The number of unbranched alkanes of at least 4 members (excludes halogenated alkanes) is 1. The lowest BCUT2D eigenvalue weighted by Gasteiger charge is -2.27. The Labute approximate surface area is 106 Å². The van der Waals surface area contributed by atoms with Gasteiger partial charge in [-0.3, -0.25) is 9.69 Å². The number of hydrogen-bond donors (Lipinski definition) is 0. The molecule has 1 unspecified atom stereocenters. The molecule has 1 heterocycles. The Kier molecular flexibility index (Phi) is 7.25. The zero-order valence-corrected chi connectivity index (χ0v) is 11.4. The number of carbonyl (C=O) groups is 1. The molecule has 1 aliphatic heterocycles. The van der Waals surface area contributed by atoms with Crippen molar-refractivity contribution in [2.24, 2.45) is 0 Å². The van der Waals surface area contributed by atoms with Crippen molar-refractivity contribution < 1.29 is 9.53 Å². The number of ether oxygens (including phenoxy) is 1. The molecule has 0 aromatic heterocycles.